The van der Waals surface area contributed by atoms with Crippen LogP contribution in [-0.4, -0.2) is 82.2 Å². The van der Waals surface area contributed by atoms with Crippen LogP contribution in [0.15, 0.2) is 48.5 Å². The quantitative estimate of drug-likeness (QED) is 0.643. The van der Waals surface area contributed by atoms with Gasteiger partial charge in [0.2, 0.25) is 0 Å². The number of nitrogens with one attached hydrogen (secondary N) is 1. The second-order valence-electron chi connectivity index (χ2n) is 10.6. The molecule has 2 saturated heterocycles. The van der Waals surface area contributed by atoms with Gasteiger partial charge in [0.25, 0.3) is 0 Å². The molecule has 1 amide bonds. The van der Waals surface area contributed by atoms with E-state index in [1.165, 1.54) is 17.8 Å². The number of carbonyl (C=O) groups is 1. The average Bonchev–Trinajstić information content (AvgIpc) is 3.32. The van der Waals surface area contributed by atoms with Gasteiger partial charge in [-0.15, -0.1) is 0 Å². The molecule has 0 aliphatic carbocycles. The van der Waals surface area contributed by atoms with Gasteiger partial charge in [0, 0.05) is 63.3 Å². The van der Waals surface area contributed by atoms with Crippen LogP contribution in [-0.2, 0) is 4.74 Å². The number of benzene rings is 2. The highest BCUT2D eigenvalue weighted by Crippen LogP contribution is 2.34. The molecule has 2 aromatic carbocycles. The van der Waals surface area contributed by atoms with Gasteiger partial charge in [0.05, 0.1) is 0 Å². The monoisotopic (exact) mass is 510 g/mol. The van der Waals surface area contributed by atoms with E-state index in [2.05, 4.69) is 39.4 Å². The highest BCUT2D eigenvalue weighted by molar-refractivity contribution is 5.68. The van der Waals surface area contributed by atoms with E-state index in [4.69, 9.17) is 14.2 Å². The van der Waals surface area contributed by atoms with E-state index in [1.54, 1.807) is 0 Å². The minimum Gasteiger partial charge on any atom is -0.486 e. The molecule has 0 aromatic heterocycles. The van der Waals surface area contributed by atoms with Crippen LogP contribution >= 0.6 is 0 Å². The topological polar surface area (TPSA) is 66.5 Å². The number of hydrogen-bond donors (Lipinski definition) is 1. The molecule has 5 rings (SSSR count). The molecular weight excluding hydrogens is 468 g/mol. The lowest BCUT2D eigenvalue weighted by Gasteiger charge is -2.27. The summed E-state index contributed by atoms with van der Waals surface area (Å²) < 4.78 is 16.6. The first-order chi connectivity index (χ1) is 17.9. The van der Waals surface area contributed by atoms with Crippen LogP contribution in [0.5, 0.6) is 11.5 Å². The zero-order valence-corrected chi connectivity index (χ0v) is 22.6. The van der Waals surface area contributed by atoms with Crippen LogP contribution in [0.4, 0.5) is 16.2 Å². The van der Waals surface area contributed by atoms with Gasteiger partial charge in [-0.3, -0.25) is 0 Å². The first-order valence-corrected chi connectivity index (χ1v) is 13.5. The van der Waals surface area contributed by atoms with Crippen LogP contribution in [0, 0.1) is 0 Å². The SMILES string of the molecule is CC(C)(C)OC(=O)N1CCCN(c2ccccc2)CC1.c1cc2c(cc1N1CCCNCC1)OCCO2. The van der Waals surface area contributed by atoms with Crippen molar-refractivity contribution < 1.29 is 19.0 Å². The molecular formula is C29H42N4O4. The molecule has 0 spiro atoms. The molecule has 3 aliphatic rings. The Morgan fingerprint density at radius 2 is 1.51 bits per heavy atom. The van der Waals surface area contributed by atoms with Gasteiger partial charge in [-0.2, -0.15) is 0 Å². The first kappa shape index (κ1) is 26.9. The fourth-order valence-corrected chi connectivity index (χ4v) is 4.66. The van der Waals surface area contributed by atoms with E-state index >= 15 is 0 Å². The van der Waals surface area contributed by atoms with Gasteiger partial charge in [-0.1, -0.05) is 18.2 Å². The van der Waals surface area contributed by atoms with Crippen molar-refractivity contribution in [1.29, 1.82) is 0 Å². The fraction of sp³-hybridized carbons (Fsp3) is 0.552. The average molecular weight is 511 g/mol. The van der Waals surface area contributed by atoms with Gasteiger partial charge >= 0.3 is 6.09 Å². The summed E-state index contributed by atoms with van der Waals surface area (Å²) in [4.78, 5) is 18.6. The number of ether oxygens (including phenoxy) is 3. The van der Waals surface area contributed by atoms with Gasteiger partial charge in [-0.05, 0) is 64.4 Å². The highest BCUT2D eigenvalue weighted by Gasteiger charge is 2.24. The summed E-state index contributed by atoms with van der Waals surface area (Å²) in [6.07, 6.45) is 1.95. The van der Waals surface area contributed by atoms with E-state index in [-0.39, 0.29) is 6.09 Å². The molecule has 8 nitrogen and oxygen atoms in total. The van der Waals surface area contributed by atoms with Crippen molar-refractivity contribution in [3.8, 4) is 11.5 Å². The Bertz CT molecular complexity index is 987. The molecule has 1 N–H and O–H groups in total. The molecule has 2 aromatic rings. The molecule has 0 saturated carbocycles. The lowest BCUT2D eigenvalue weighted by Crippen LogP contribution is -2.39. The Hall–Kier alpha value is -3.13. The van der Waals surface area contributed by atoms with Crippen molar-refractivity contribution in [3.63, 3.8) is 0 Å². The van der Waals surface area contributed by atoms with E-state index < -0.39 is 5.60 Å². The maximum absolute atomic E-state index is 12.1. The minimum absolute atomic E-state index is 0.201. The maximum atomic E-state index is 12.1. The Kier molecular flexibility index (Phi) is 9.39. The highest BCUT2D eigenvalue weighted by atomic mass is 16.6. The summed E-state index contributed by atoms with van der Waals surface area (Å²) in [5, 5.41) is 3.41. The molecule has 0 atom stereocenters. The van der Waals surface area contributed by atoms with Gasteiger partial charge in [-0.25, -0.2) is 4.79 Å². The Labute approximate surface area is 221 Å². The van der Waals surface area contributed by atoms with E-state index in [1.807, 2.05) is 49.9 Å². The van der Waals surface area contributed by atoms with Crippen LogP contribution in [0.25, 0.3) is 0 Å². The standard InChI is InChI=1S/C16H24N2O2.C13H18N2O2/c1-16(2,3)20-15(19)18-11-7-10-17(12-13-18)14-8-5-4-6-9-14;1-4-14-5-7-15(6-1)11-2-3-12-13(10-11)17-9-8-16-12/h4-6,8-9H,7,10-13H2,1-3H3;2-3,10,14H,1,4-9H2. The second-order valence-corrected chi connectivity index (χ2v) is 10.6. The molecule has 3 aliphatic heterocycles. The molecule has 0 bridgehead atoms. The third-order valence-corrected chi connectivity index (χ3v) is 6.50. The molecule has 3 heterocycles. The molecule has 0 radical (unpaired) electrons. The molecule has 37 heavy (non-hydrogen) atoms. The van der Waals surface area contributed by atoms with Crippen LogP contribution in [0.2, 0.25) is 0 Å². The van der Waals surface area contributed by atoms with Crippen molar-refractivity contribution in [3.05, 3.63) is 48.5 Å². The molecule has 0 unspecified atom stereocenters. The van der Waals surface area contributed by atoms with Crippen molar-refractivity contribution >= 4 is 17.5 Å². The number of fused-ring (bicyclic) bond motifs is 1. The zero-order valence-electron chi connectivity index (χ0n) is 22.6. The summed E-state index contributed by atoms with van der Waals surface area (Å²) >= 11 is 0. The smallest absolute Gasteiger partial charge is 0.410 e. The Balaban J connectivity index is 0.000000175. The van der Waals surface area contributed by atoms with Crippen LogP contribution in [0.3, 0.4) is 0 Å². The number of para-hydroxylation sites is 1. The van der Waals surface area contributed by atoms with Crippen molar-refractivity contribution in [2.75, 3.05) is 75.4 Å². The first-order valence-electron chi connectivity index (χ1n) is 13.5. The van der Waals surface area contributed by atoms with Gasteiger partial charge in [0.1, 0.15) is 18.8 Å². The predicted molar refractivity (Wildman–Crippen MR) is 148 cm³/mol. The van der Waals surface area contributed by atoms with Crippen LogP contribution < -0.4 is 24.6 Å². The third-order valence-electron chi connectivity index (χ3n) is 6.50. The number of anilines is 2. The summed E-state index contributed by atoms with van der Waals surface area (Å²) in [5.74, 6) is 1.75. The second kappa shape index (κ2) is 12.9. The van der Waals surface area contributed by atoms with Crippen LogP contribution in [0.1, 0.15) is 33.6 Å². The number of rotatable bonds is 2. The number of carbonyl (C=O) groups excluding carboxylic acids is 1. The van der Waals surface area contributed by atoms with Gasteiger partial charge in [0.15, 0.2) is 11.5 Å². The van der Waals surface area contributed by atoms with E-state index in [0.717, 1.165) is 63.7 Å². The largest absolute Gasteiger partial charge is 0.486 e. The van der Waals surface area contributed by atoms with E-state index in [0.29, 0.717) is 19.8 Å². The minimum atomic E-state index is -0.428. The zero-order chi connectivity index (χ0) is 26.1. The van der Waals surface area contributed by atoms with Gasteiger partial charge < -0.3 is 34.2 Å². The number of amides is 1. The lowest BCUT2D eigenvalue weighted by molar-refractivity contribution is 0.0263. The summed E-state index contributed by atoms with van der Waals surface area (Å²) in [6, 6.07) is 16.6. The molecule has 8 heteroatoms. The normalized spacial score (nSPS) is 18.2. The lowest BCUT2D eigenvalue weighted by atomic mass is 10.2. The number of hydrogen-bond acceptors (Lipinski definition) is 7. The Morgan fingerprint density at radius 3 is 2.30 bits per heavy atom. The molecule has 2 fully saturated rings. The third kappa shape index (κ3) is 8.18. The predicted octanol–water partition coefficient (Wildman–Crippen LogP) is 4.39. The summed E-state index contributed by atoms with van der Waals surface area (Å²) in [6.45, 7) is 14.6. The number of nitrogens with zero attached hydrogens (tertiary/aromatic N) is 3. The Morgan fingerprint density at radius 1 is 0.784 bits per heavy atom. The van der Waals surface area contributed by atoms with Crippen molar-refractivity contribution in [1.82, 2.24) is 10.2 Å². The molecule has 202 valence electrons. The fourth-order valence-electron chi connectivity index (χ4n) is 4.66. The van der Waals surface area contributed by atoms with E-state index in [9.17, 15) is 4.79 Å². The summed E-state index contributed by atoms with van der Waals surface area (Å²) in [5.41, 5.74) is 2.03. The maximum Gasteiger partial charge on any atom is 0.410 e. The van der Waals surface area contributed by atoms with Crippen molar-refractivity contribution in [2.45, 2.75) is 39.2 Å². The van der Waals surface area contributed by atoms with Crippen molar-refractivity contribution in [2.24, 2.45) is 0 Å². The summed E-state index contributed by atoms with van der Waals surface area (Å²) in [7, 11) is 0.